The Morgan fingerprint density at radius 3 is 2.65 bits per heavy atom. The van der Waals surface area contributed by atoms with Crippen LogP contribution in [0.1, 0.15) is 11.1 Å². The van der Waals surface area contributed by atoms with Crippen LogP contribution in [-0.4, -0.2) is 32.1 Å². The molecule has 0 spiro atoms. The number of nitrogens with zero attached hydrogens (tertiary/aromatic N) is 2. The lowest BCUT2D eigenvalue weighted by atomic mass is 10.0. The van der Waals surface area contributed by atoms with E-state index < -0.39 is 22.2 Å². The molecule has 0 unspecified atom stereocenters. The maximum Gasteiger partial charge on any atom is 0.407 e. The van der Waals surface area contributed by atoms with E-state index in [1.54, 1.807) is 30.6 Å². The number of amides is 1. The van der Waals surface area contributed by atoms with Gasteiger partial charge in [0.2, 0.25) is 0 Å². The number of pyridine rings is 1. The number of rotatable bonds is 5. The summed E-state index contributed by atoms with van der Waals surface area (Å²) in [5, 5.41) is 3.13. The topological polar surface area (TPSA) is 88.6 Å². The summed E-state index contributed by atoms with van der Waals surface area (Å²) in [5.41, 5.74) is 2.20. The molecule has 31 heavy (non-hydrogen) atoms. The molecule has 1 aliphatic rings. The number of alkyl carbamates (subject to hydrolysis) is 1. The lowest BCUT2D eigenvalue weighted by Gasteiger charge is -2.34. The molecule has 7 nitrogen and oxygen atoms in total. The Morgan fingerprint density at radius 1 is 1.13 bits per heavy atom. The van der Waals surface area contributed by atoms with Gasteiger partial charge >= 0.3 is 6.09 Å². The number of aromatic nitrogens is 1. The van der Waals surface area contributed by atoms with Crippen LogP contribution in [0.25, 0.3) is 0 Å². The van der Waals surface area contributed by atoms with Crippen LogP contribution < -0.4 is 9.62 Å². The van der Waals surface area contributed by atoms with Gasteiger partial charge in [0.25, 0.3) is 10.0 Å². The lowest BCUT2D eigenvalue weighted by molar-refractivity contribution is 0.0997. The molecule has 0 saturated carbocycles. The van der Waals surface area contributed by atoms with E-state index in [9.17, 15) is 13.2 Å². The second-order valence-corrected chi connectivity index (χ2v) is 9.36. The van der Waals surface area contributed by atoms with Crippen molar-refractivity contribution in [3.63, 3.8) is 0 Å². The molecule has 160 valence electrons. The standard InChI is InChI=1S/C22H20ClN3O4S/c23-18-7-9-20(10-8-18)31(28,29)26-15-19(12-17-5-1-2-6-21(17)26)30-22(27)25-14-16-4-3-11-24-13-16/h1-11,13,19H,12,14-15H2,(H,25,27)/t19-/m1/s1. The number of anilines is 1. The number of sulfonamides is 1. The smallest absolute Gasteiger partial charge is 0.407 e. The molecule has 4 rings (SSSR count). The highest BCUT2D eigenvalue weighted by molar-refractivity contribution is 7.92. The molecule has 1 atom stereocenters. The van der Waals surface area contributed by atoms with Crippen molar-refractivity contribution in [2.45, 2.75) is 24.0 Å². The zero-order valence-electron chi connectivity index (χ0n) is 16.4. The number of para-hydroxylation sites is 1. The van der Waals surface area contributed by atoms with Crippen LogP contribution in [0.3, 0.4) is 0 Å². The van der Waals surface area contributed by atoms with E-state index in [4.69, 9.17) is 16.3 Å². The van der Waals surface area contributed by atoms with Gasteiger partial charge in [-0.1, -0.05) is 35.9 Å². The van der Waals surface area contributed by atoms with E-state index in [0.717, 1.165) is 11.1 Å². The third kappa shape index (κ3) is 4.81. The average molecular weight is 458 g/mol. The van der Waals surface area contributed by atoms with Crippen LogP contribution in [0.2, 0.25) is 5.02 Å². The van der Waals surface area contributed by atoms with Gasteiger partial charge in [-0.25, -0.2) is 13.2 Å². The Morgan fingerprint density at radius 2 is 1.90 bits per heavy atom. The molecule has 1 aromatic heterocycles. The van der Waals surface area contributed by atoms with Gasteiger partial charge < -0.3 is 10.1 Å². The van der Waals surface area contributed by atoms with E-state index in [1.807, 2.05) is 18.2 Å². The van der Waals surface area contributed by atoms with E-state index in [2.05, 4.69) is 10.3 Å². The molecular weight excluding hydrogens is 438 g/mol. The molecule has 1 N–H and O–H groups in total. The quantitative estimate of drug-likeness (QED) is 0.629. The maximum atomic E-state index is 13.3. The largest absolute Gasteiger partial charge is 0.444 e. The maximum absolute atomic E-state index is 13.3. The van der Waals surface area contributed by atoms with Gasteiger partial charge in [-0.3, -0.25) is 9.29 Å². The minimum Gasteiger partial charge on any atom is -0.444 e. The predicted octanol–water partition coefficient (Wildman–Crippen LogP) is 3.78. The molecule has 0 fully saturated rings. The van der Waals surface area contributed by atoms with Gasteiger partial charge in [-0.15, -0.1) is 0 Å². The third-order valence-electron chi connectivity index (χ3n) is 4.91. The average Bonchev–Trinajstić information content (AvgIpc) is 2.78. The van der Waals surface area contributed by atoms with E-state index in [-0.39, 0.29) is 18.0 Å². The van der Waals surface area contributed by atoms with Gasteiger partial charge in [0.05, 0.1) is 17.1 Å². The Kier molecular flexibility index (Phi) is 6.11. The van der Waals surface area contributed by atoms with Crippen LogP contribution in [0.5, 0.6) is 0 Å². The highest BCUT2D eigenvalue weighted by Crippen LogP contribution is 2.33. The fourth-order valence-corrected chi connectivity index (χ4v) is 5.09. The number of ether oxygens (including phenoxy) is 1. The SMILES string of the molecule is O=C(NCc1cccnc1)O[C@@H]1Cc2ccccc2N(S(=O)(=O)c2ccc(Cl)cc2)C1. The molecule has 2 aromatic carbocycles. The van der Waals surface area contributed by atoms with Crippen LogP contribution >= 0.6 is 11.6 Å². The normalized spacial score (nSPS) is 15.8. The van der Waals surface area contributed by atoms with E-state index >= 15 is 0 Å². The Hall–Kier alpha value is -3.10. The van der Waals surface area contributed by atoms with Crippen molar-refractivity contribution in [3.05, 3.63) is 89.2 Å². The van der Waals surface area contributed by atoms with Crippen LogP contribution in [0.4, 0.5) is 10.5 Å². The molecule has 9 heteroatoms. The molecule has 1 amide bonds. The fourth-order valence-electron chi connectivity index (χ4n) is 3.43. The number of hydrogen-bond donors (Lipinski definition) is 1. The molecular formula is C22H20ClN3O4S. The van der Waals surface area contributed by atoms with Crippen molar-refractivity contribution in [2.75, 3.05) is 10.8 Å². The first kappa shape index (κ1) is 21.1. The predicted molar refractivity (Wildman–Crippen MR) is 117 cm³/mol. The van der Waals surface area contributed by atoms with Crippen LogP contribution in [0, 0.1) is 0 Å². The third-order valence-corrected chi connectivity index (χ3v) is 6.96. The first-order chi connectivity index (χ1) is 14.9. The fraction of sp³-hybridized carbons (Fsp3) is 0.182. The summed E-state index contributed by atoms with van der Waals surface area (Å²) in [7, 11) is -3.86. The van der Waals surface area contributed by atoms with Gasteiger partial charge in [0.15, 0.2) is 0 Å². The number of carbonyl (C=O) groups excluding carboxylic acids is 1. The minimum atomic E-state index is -3.86. The number of hydrogen-bond acceptors (Lipinski definition) is 5. The summed E-state index contributed by atoms with van der Waals surface area (Å²) in [6.07, 6.45) is 2.47. The molecule has 0 aliphatic carbocycles. The first-order valence-corrected chi connectivity index (χ1v) is 11.4. The zero-order valence-corrected chi connectivity index (χ0v) is 18.0. The van der Waals surface area contributed by atoms with Crippen molar-refractivity contribution < 1.29 is 17.9 Å². The second-order valence-electron chi connectivity index (χ2n) is 7.07. The summed E-state index contributed by atoms with van der Waals surface area (Å²) < 4.78 is 33.5. The Balaban J connectivity index is 1.53. The monoisotopic (exact) mass is 457 g/mol. The minimum absolute atomic E-state index is 0.0162. The highest BCUT2D eigenvalue weighted by atomic mass is 35.5. The van der Waals surface area contributed by atoms with Gasteiger partial charge in [0, 0.05) is 30.4 Å². The van der Waals surface area contributed by atoms with Crippen molar-refractivity contribution in [2.24, 2.45) is 0 Å². The van der Waals surface area contributed by atoms with Crippen LogP contribution in [-0.2, 0) is 27.7 Å². The molecule has 0 radical (unpaired) electrons. The van der Waals surface area contributed by atoms with Crippen molar-refractivity contribution in [3.8, 4) is 0 Å². The molecule has 0 bridgehead atoms. The summed E-state index contributed by atoms with van der Waals surface area (Å²) in [4.78, 5) is 16.4. The molecule has 2 heterocycles. The summed E-state index contributed by atoms with van der Waals surface area (Å²) in [5.74, 6) is 0. The van der Waals surface area contributed by atoms with E-state index in [1.165, 1.54) is 28.6 Å². The summed E-state index contributed by atoms with van der Waals surface area (Å²) >= 11 is 5.91. The summed E-state index contributed by atoms with van der Waals surface area (Å²) in [6.45, 7) is 0.283. The van der Waals surface area contributed by atoms with Crippen LogP contribution in [0.15, 0.2) is 78.0 Å². The highest BCUT2D eigenvalue weighted by Gasteiger charge is 2.34. The number of benzene rings is 2. The number of nitrogens with one attached hydrogen (secondary N) is 1. The molecule has 0 saturated heterocycles. The summed E-state index contributed by atoms with van der Waals surface area (Å²) in [6, 6.07) is 16.8. The van der Waals surface area contributed by atoms with Crippen molar-refractivity contribution in [1.29, 1.82) is 0 Å². The Bertz CT molecular complexity index is 1170. The number of halogens is 1. The van der Waals surface area contributed by atoms with Crippen molar-refractivity contribution in [1.82, 2.24) is 10.3 Å². The molecule has 1 aliphatic heterocycles. The first-order valence-electron chi connectivity index (χ1n) is 9.63. The number of fused-ring (bicyclic) bond motifs is 1. The van der Waals surface area contributed by atoms with Gasteiger partial charge in [-0.05, 0) is 47.5 Å². The Labute approximate surface area is 185 Å². The van der Waals surface area contributed by atoms with Crippen molar-refractivity contribution >= 4 is 33.4 Å². The number of carbonyl (C=O) groups is 1. The zero-order chi connectivity index (χ0) is 21.8. The molecule has 3 aromatic rings. The van der Waals surface area contributed by atoms with Gasteiger partial charge in [-0.2, -0.15) is 0 Å². The second kappa shape index (κ2) is 8.95. The van der Waals surface area contributed by atoms with E-state index in [0.29, 0.717) is 17.1 Å². The van der Waals surface area contributed by atoms with Gasteiger partial charge in [0.1, 0.15) is 6.10 Å². The lowest BCUT2D eigenvalue weighted by Crippen LogP contribution is -2.45.